The van der Waals surface area contributed by atoms with Crippen LogP contribution in [-0.2, 0) is 0 Å². The second kappa shape index (κ2) is 6.55. The van der Waals surface area contributed by atoms with Gasteiger partial charge in [-0.05, 0) is 49.9 Å². The van der Waals surface area contributed by atoms with Crippen LogP contribution in [0.1, 0.15) is 60.3 Å². The van der Waals surface area contributed by atoms with Crippen LogP contribution >= 0.6 is 0 Å². The highest BCUT2D eigenvalue weighted by atomic mass is 16.5. The Labute approximate surface area is 151 Å². The minimum atomic E-state index is 0.0598. The van der Waals surface area contributed by atoms with Crippen molar-refractivity contribution in [2.24, 2.45) is 0 Å². The first kappa shape index (κ1) is 16.8. The van der Waals surface area contributed by atoms with Crippen LogP contribution in [0.4, 0.5) is 0 Å². The Bertz CT molecular complexity index is 904. The molecule has 1 aliphatic rings. The monoisotopic (exact) mass is 354 g/mol. The van der Waals surface area contributed by atoms with Gasteiger partial charge in [-0.3, -0.25) is 0 Å². The summed E-state index contributed by atoms with van der Waals surface area (Å²) < 4.78 is 16.5. The molecule has 0 N–H and O–H groups in total. The second-order valence-electron chi connectivity index (χ2n) is 7.05. The summed E-state index contributed by atoms with van der Waals surface area (Å²) in [4.78, 5) is 8.78. The molecule has 1 aliphatic carbocycles. The fraction of sp³-hybridized carbons (Fsp3) is 0.474. The molecule has 0 amide bonds. The molecule has 2 heterocycles. The van der Waals surface area contributed by atoms with Gasteiger partial charge in [-0.2, -0.15) is 9.97 Å². The fourth-order valence-corrected chi connectivity index (χ4v) is 2.95. The highest BCUT2D eigenvalue weighted by Gasteiger charge is 2.30. The minimum Gasteiger partial charge on any atom is -0.492 e. The molecule has 7 nitrogen and oxygen atoms in total. The van der Waals surface area contributed by atoms with E-state index < -0.39 is 0 Å². The summed E-state index contributed by atoms with van der Waals surface area (Å²) in [5.41, 5.74) is 2.98. The molecule has 0 saturated heterocycles. The number of hydrogen-bond acceptors (Lipinski definition) is 7. The first-order valence-electron chi connectivity index (χ1n) is 8.89. The summed E-state index contributed by atoms with van der Waals surface area (Å²) in [6, 6.07) is 4.02. The van der Waals surface area contributed by atoms with Crippen LogP contribution in [0.2, 0.25) is 0 Å². The minimum absolute atomic E-state index is 0.0598. The van der Waals surface area contributed by atoms with Gasteiger partial charge in [0, 0.05) is 18.4 Å². The molecule has 1 atom stereocenters. The van der Waals surface area contributed by atoms with E-state index in [2.05, 4.69) is 20.3 Å². The molecule has 26 heavy (non-hydrogen) atoms. The van der Waals surface area contributed by atoms with Crippen LogP contribution in [0.5, 0.6) is 5.75 Å². The molecule has 1 fully saturated rings. The van der Waals surface area contributed by atoms with Gasteiger partial charge < -0.3 is 13.8 Å². The molecule has 3 aromatic rings. The maximum atomic E-state index is 6.08. The van der Waals surface area contributed by atoms with E-state index in [1.807, 2.05) is 32.9 Å². The predicted molar refractivity (Wildman–Crippen MR) is 94.1 cm³/mol. The lowest BCUT2D eigenvalue weighted by Crippen LogP contribution is -2.10. The molecule has 7 heteroatoms. The van der Waals surface area contributed by atoms with Gasteiger partial charge in [-0.15, -0.1) is 0 Å². The second-order valence-corrected chi connectivity index (χ2v) is 7.05. The number of aromatic nitrogens is 4. The lowest BCUT2D eigenvalue weighted by Gasteiger charge is -2.15. The zero-order chi connectivity index (χ0) is 18.3. The molecular weight excluding hydrogens is 332 g/mol. The van der Waals surface area contributed by atoms with E-state index in [0.29, 0.717) is 30.1 Å². The molecule has 0 radical (unpaired) electrons. The van der Waals surface area contributed by atoms with Crippen molar-refractivity contribution in [1.82, 2.24) is 20.3 Å². The van der Waals surface area contributed by atoms with E-state index in [9.17, 15) is 0 Å². The van der Waals surface area contributed by atoms with E-state index in [0.717, 1.165) is 41.2 Å². The van der Waals surface area contributed by atoms with Gasteiger partial charge >= 0.3 is 0 Å². The topological polar surface area (TPSA) is 87.1 Å². The van der Waals surface area contributed by atoms with Gasteiger partial charge in [0.25, 0.3) is 0 Å². The summed E-state index contributed by atoms with van der Waals surface area (Å²) in [5.74, 6) is 4.01. The van der Waals surface area contributed by atoms with Crippen molar-refractivity contribution in [2.75, 3.05) is 6.61 Å². The third kappa shape index (κ3) is 3.34. The zero-order valence-electron chi connectivity index (χ0n) is 15.4. The normalized spacial score (nSPS) is 15.2. The standard InChI is InChI=1S/C19H22N4O3/c1-10-7-15(18-20-13(4)25-23-18)8-11(2)16(10)24-9-12(3)17-21-19(26-22-17)14-5-6-14/h7-8,12,14H,5-6,9H2,1-4H3. The average molecular weight is 354 g/mol. The molecule has 0 aliphatic heterocycles. The number of hydrogen-bond donors (Lipinski definition) is 0. The molecular formula is C19H22N4O3. The maximum absolute atomic E-state index is 6.08. The van der Waals surface area contributed by atoms with Gasteiger partial charge in [0.1, 0.15) is 5.75 Å². The van der Waals surface area contributed by atoms with Gasteiger partial charge in [-0.1, -0.05) is 17.2 Å². The molecule has 1 unspecified atom stereocenters. The van der Waals surface area contributed by atoms with Crippen LogP contribution < -0.4 is 4.74 Å². The summed E-state index contributed by atoms with van der Waals surface area (Å²) in [6.45, 7) is 8.35. The highest BCUT2D eigenvalue weighted by molar-refractivity contribution is 5.60. The van der Waals surface area contributed by atoms with Crippen LogP contribution in [0.25, 0.3) is 11.4 Å². The molecule has 1 aromatic carbocycles. The number of rotatable bonds is 6. The third-order valence-corrected chi connectivity index (χ3v) is 4.55. The lowest BCUT2D eigenvalue weighted by atomic mass is 10.0. The number of benzene rings is 1. The smallest absolute Gasteiger partial charge is 0.229 e. The van der Waals surface area contributed by atoms with Crippen molar-refractivity contribution < 1.29 is 13.8 Å². The lowest BCUT2D eigenvalue weighted by molar-refractivity contribution is 0.283. The first-order valence-corrected chi connectivity index (χ1v) is 8.89. The highest BCUT2D eigenvalue weighted by Crippen LogP contribution is 2.39. The fourth-order valence-electron chi connectivity index (χ4n) is 2.95. The zero-order valence-corrected chi connectivity index (χ0v) is 15.4. The van der Waals surface area contributed by atoms with Crippen molar-refractivity contribution >= 4 is 0 Å². The Balaban J connectivity index is 1.47. The van der Waals surface area contributed by atoms with E-state index in [1.54, 1.807) is 6.92 Å². The largest absolute Gasteiger partial charge is 0.492 e. The van der Waals surface area contributed by atoms with E-state index in [4.69, 9.17) is 13.8 Å². The van der Waals surface area contributed by atoms with E-state index in [1.165, 1.54) is 0 Å². The summed E-state index contributed by atoms with van der Waals surface area (Å²) >= 11 is 0. The molecule has 4 rings (SSSR count). The molecule has 2 aromatic heterocycles. The van der Waals surface area contributed by atoms with E-state index in [-0.39, 0.29) is 5.92 Å². The Morgan fingerprint density at radius 2 is 1.81 bits per heavy atom. The summed E-state index contributed by atoms with van der Waals surface area (Å²) in [7, 11) is 0. The predicted octanol–water partition coefficient (Wildman–Crippen LogP) is 4.10. The van der Waals surface area contributed by atoms with Crippen LogP contribution in [0.15, 0.2) is 21.2 Å². The Kier molecular flexibility index (Phi) is 4.22. The number of aryl methyl sites for hydroxylation is 3. The number of ether oxygens (including phenoxy) is 1. The summed E-state index contributed by atoms with van der Waals surface area (Å²) in [6.07, 6.45) is 2.30. The maximum Gasteiger partial charge on any atom is 0.229 e. The average Bonchev–Trinajstić information content (AvgIpc) is 3.16. The van der Waals surface area contributed by atoms with Crippen molar-refractivity contribution in [3.8, 4) is 17.1 Å². The van der Waals surface area contributed by atoms with Crippen molar-refractivity contribution in [1.29, 1.82) is 0 Å². The van der Waals surface area contributed by atoms with Gasteiger partial charge in [0.2, 0.25) is 17.6 Å². The van der Waals surface area contributed by atoms with E-state index >= 15 is 0 Å². The Hall–Kier alpha value is -2.70. The van der Waals surface area contributed by atoms with Gasteiger partial charge in [-0.25, -0.2) is 0 Å². The molecule has 136 valence electrons. The quantitative estimate of drug-likeness (QED) is 0.658. The summed E-state index contributed by atoms with van der Waals surface area (Å²) in [5, 5.41) is 8.08. The van der Waals surface area contributed by atoms with Crippen molar-refractivity contribution in [3.05, 3.63) is 40.9 Å². The third-order valence-electron chi connectivity index (χ3n) is 4.55. The first-order chi connectivity index (χ1) is 12.5. The van der Waals surface area contributed by atoms with Gasteiger partial charge in [0.05, 0.1) is 12.5 Å². The van der Waals surface area contributed by atoms with Crippen LogP contribution in [-0.4, -0.2) is 26.9 Å². The molecule has 1 saturated carbocycles. The molecule has 0 bridgehead atoms. The Morgan fingerprint density at radius 3 is 2.42 bits per heavy atom. The van der Waals surface area contributed by atoms with Crippen molar-refractivity contribution in [3.63, 3.8) is 0 Å². The number of nitrogens with zero attached hydrogens (tertiary/aromatic N) is 4. The van der Waals surface area contributed by atoms with Crippen LogP contribution in [0.3, 0.4) is 0 Å². The van der Waals surface area contributed by atoms with Crippen molar-refractivity contribution in [2.45, 2.75) is 52.4 Å². The molecule has 0 spiro atoms. The van der Waals surface area contributed by atoms with Gasteiger partial charge in [0.15, 0.2) is 5.82 Å². The SMILES string of the molecule is Cc1nc(-c2cc(C)c(OCC(C)c3noc(C4CC4)n3)c(C)c2)no1. The van der Waals surface area contributed by atoms with Crippen LogP contribution in [0, 0.1) is 20.8 Å². The Morgan fingerprint density at radius 1 is 1.08 bits per heavy atom.